The van der Waals surface area contributed by atoms with Gasteiger partial charge in [0.15, 0.2) is 4.80 Å². The first kappa shape index (κ1) is 21.4. The highest BCUT2D eigenvalue weighted by molar-refractivity contribution is 7.07. The molecule has 1 aromatic heterocycles. The van der Waals surface area contributed by atoms with E-state index in [1.54, 1.807) is 32.1 Å². The monoisotopic (exact) mass is 449 g/mol. The fourth-order valence-electron chi connectivity index (χ4n) is 3.57. The summed E-state index contributed by atoms with van der Waals surface area (Å²) in [6.07, 6.45) is 1.59. The minimum absolute atomic E-state index is 0.0605. The predicted molar refractivity (Wildman–Crippen MR) is 121 cm³/mol. The maximum Gasteiger partial charge on any atom is 0.338 e. The number of hydrogen-bond acceptors (Lipinski definition) is 7. The molecule has 0 aliphatic carbocycles. The highest BCUT2D eigenvalue weighted by atomic mass is 32.1. The largest absolute Gasteiger partial charge is 0.463 e. The fraction of sp³-hybridized carbons (Fsp3) is 0.174. The van der Waals surface area contributed by atoms with Crippen molar-refractivity contribution in [1.82, 2.24) is 4.57 Å². The van der Waals surface area contributed by atoms with Crippen molar-refractivity contribution in [1.29, 1.82) is 0 Å². The highest BCUT2D eigenvalue weighted by Crippen LogP contribution is 2.32. The first-order chi connectivity index (χ1) is 15.4. The van der Waals surface area contributed by atoms with Crippen molar-refractivity contribution >= 4 is 34.8 Å². The number of carbonyl (C=O) groups excluding carboxylic acids is 1. The van der Waals surface area contributed by atoms with Crippen LogP contribution in [0.4, 0.5) is 5.69 Å². The average molecular weight is 449 g/mol. The summed E-state index contributed by atoms with van der Waals surface area (Å²) in [7, 11) is 0. The Labute approximate surface area is 186 Å². The van der Waals surface area contributed by atoms with Crippen molar-refractivity contribution in [2.75, 3.05) is 6.61 Å². The second kappa shape index (κ2) is 8.72. The van der Waals surface area contributed by atoms with Gasteiger partial charge in [0, 0.05) is 17.8 Å². The van der Waals surface area contributed by atoms with Crippen LogP contribution in [0.25, 0.3) is 11.8 Å². The molecule has 1 aliphatic rings. The number of rotatable bonds is 5. The molecule has 9 heteroatoms. The van der Waals surface area contributed by atoms with E-state index >= 15 is 0 Å². The number of allylic oxidation sites excluding steroid dienone is 1. The van der Waals surface area contributed by atoms with E-state index in [1.165, 1.54) is 28.0 Å². The summed E-state index contributed by atoms with van der Waals surface area (Å²) in [6, 6.07) is 14.8. The van der Waals surface area contributed by atoms with Gasteiger partial charge in [-0.1, -0.05) is 53.8 Å². The second-order valence-corrected chi connectivity index (χ2v) is 8.06. The number of fused-ring (bicyclic) bond motifs is 1. The third-order valence-electron chi connectivity index (χ3n) is 5.03. The van der Waals surface area contributed by atoms with Gasteiger partial charge in [0.2, 0.25) is 0 Å². The topological polar surface area (TPSA) is 104 Å². The van der Waals surface area contributed by atoms with E-state index < -0.39 is 16.9 Å². The minimum atomic E-state index is -0.598. The first-order valence-electron chi connectivity index (χ1n) is 9.89. The van der Waals surface area contributed by atoms with Gasteiger partial charge in [-0.25, -0.2) is 9.79 Å². The molecule has 0 spiro atoms. The summed E-state index contributed by atoms with van der Waals surface area (Å²) < 4.78 is 7.02. The molecule has 0 saturated carbocycles. The lowest BCUT2D eigenvalue weighted by molar-refractivity contribution is -0.384. The quantitative estimate of drug-likeness (QED) is 0.338. The fourth-order valence-corrected chi connectivity index (χ4v) is 4.61. The second-order valence-electron chi connectivity index (χ2n) is 7.05. The smallest absolute Gasteiger partial charge is 0.338 e. The Balaban J connectivity index is 1.93. The van der Waals surface area contributed by atoms with E-state index in [0.717, 1.165) is 5.56 Å². The van der Waals surface area contributed by atoms with Crippen molar-refractivity contribution in [3.8, 4) is 0 Å². The minimum Gasteiger partial charge on any atom is -0.463 e. The van der Waals surface area contributed by atoms with Gasteiger partial charge in [-0.05, 0) is 31.1 Å². The lowest BCUT2D eigenvalue weighted by Gasteiger charge is -2.22. The molecular formula is C23H19N3O5S. The van der Waals surface area contributed by atoms with Crippen molar-refractivity contribution in [2.24, 2.45) is 4.99 Å². The van der Waals surface area contributed by atoms with Gasteiger partial charge >= 0.3 is 5.97 Å². The molecule has 0 saturated heterocycles. The Hall–Kier alpha value is -3.85. The van der Waals surface area contributed by atoms with Crippen LogP contribution in [0.3, 0.4) is 0 Å². The Bertz CT molecular complexity index is 1420. The number of carbonyl (C=O) groups is 1. The van der Waals surface area contributed by atoms with Crippen molar-refractivity contribution in [2.45, 2.75) is 19.9 Å². The van der Waals surface area contributed by atoms with Crippen LogP contribution >= 0.6 is 11.3 Å². The summed E-state index contributed by atoms with van der Waals surface area (Å²) in [5.74, 6) is -0.518. The first-order valence-corrected chi connectivity index (χ1v) is 10.7. The van der Waals surface area contributed by atoms with Crippen LogP contribution in [0, 0.1) is 10.1 Å². The van der Waals surface area contributed by atoms with Crippen LogP contribution in [0.1, 0.15) is 31.0 Å². The number of thiazole rings is 1. The standard InChI is InChI=1S/C23H19N3O5S/c1-3-31-22(28)19-14(2)25-21(27)18(13-15-8-7-11-17(12-15)26(29)30)32-23(25)24-20(19)16-9-5-4-6-10-16/h4-13,20H,3H2,1-2H3/t20-/m1/s1. The number of nitrogens with zero attached hydrogens (tertiary/aromatic N) is 3. The number of aromatic nitrogens is 1. The molecule has 0 bridgehead atoms. The molecule has 2 aromatic carbocycles. The molecule has 1 atom stereocenters. The number of benzene rings is 2. The van der Waals surface area contributed by atoms with Gasteiger partial charge in [-0.3, -0.25) is 19.5 Å². The summed E-state index contributed by atoms with van der Waals surface area (Å²) in [5.41, 5.74) is 1.71. The SMILES string of the molecule is CCOC(=O)C1=C(C)n2c(sc(=Cc3cccc([N+](=O)[O-])c3)c2=O)=N[C@@H]1c1ccccc1. The Morgan fingerprint density at radius 3 is 2.69 bits per heavy atom. The normalized spacial score (nSPS) is 15.8. The molecule has 0 radical (unpaired) electrons. The van der Waals surface area contributed by atoms with Crippen LogP contribution in [0.2, 0.25) is 0 Å². The molecule has 3 aromatic rings. The number of hydrogen-bond donors (Lipinski definition) is 0. The lowest BCUT2D eigenvalue weighted by Crippen LogP contribution is -2.35. The van der Waals surface area contributed by atoms with Gasteiger partial charge in [-0.2, -0.15) is 0 Å². The van der Waals surface area contributed by atoms with E-state index in [1.807, 2.05) is 30.3 Å². The van der Waals surface area contributed by atoms with Gasteiger partial charge < -0.3 is 4.74 Å². The molecule has 4 rings (SSSR count). The number of nitro benzene ring substituents is 1. The lowest BCUT2D eigenvalue weighted by atomic mass is 9.97. The van der Waals surface area contributed by atoms with E-state index in [4.69, 9.17) is 9.73 Å². The average Bonchev–Trinajstić information content (AvgIpc) is 3.09. The number of nitro groups is 1. The Morgan fingerprint density at radius 1 is 1.25 bits per heavy atom. The van der Waals surface area contributed by atoms with E-state index in [2.05, 4.69) is 0 Å². The molecule has 162 valence electrons. The highest BCUT2D eigenvalue weighted by Gasteiger charge is 2.31. The number of esters is 1. The molecule has 32 heavy (non-hydrogen) atoms. The number of non-ortho nitro benzene ring substituents is 1. The molecule has 0 N–H and O–H groups in total. The van der Waals surface area contributed by atoms with Gasteiger partial charge in [0.05, 0.1) is 21.6 Å². The number of ether oxygens (including phenoxy) is 1. The zero-order valence-electron chi connectivity index (χ0n) is 17.3. The molecule has 1 aliphatic heterocycles. The summed E-state index contributed by atoms with van der Waals surface area (Å²) in [6.45, 7) is 3.62. The van der Waals surface area contributed by atoms with Crippen molar-refractivity contribution in [3.63, 3.8) is 0 Å². The third kappa shape index (κ3) is 3.90. The third-order valence-corrected chi connectivity index (χ3v) is 6.02. The Morgan fingerprint density at radius 2 is 2.00 bits per heavy atom. The predicted octanol–water partition coefficient (Wildman–Crippen LogP) is 2.82. The van der Waals surface area contributed by atoms with Crippen LogP contribution in [-0.2, 0) is 9.53 Å². The Kier molecular flexibility index (Phi) is 5.83. The summed E-state index contributed by atoms with van der Waals surface area (Å²) >= 11 is 1.17. The van der Waals surface area contributed by atoms with Crippen LogP contribution < -0.4 is 14.9 Å². The van der Waals surface area contributed by atoms with Crippen LogP contribution in [0.15, 0.2) is 70.0 Å². The van der Waals surface area contributed by atoms with Crippen LogP contribution in [0.5, 0.6) is 0 Å². The van der Waals surface area contributed by atoms with E-state index in [9.17, 15) is 19.7 Å². The van der Waals surface area contributed by atoms with Crippen LogP contribution in [-0.4, -0.2) is 22.1 Å². The summed E-state index contributed by atoms with van der Waals surface area (Å²) in [5, 5.41) is 11.1. The van der Waals surface area contributed by atoms with Gasteiger partial charge in [0.25, 0.3) is 11.2 Å². The molecule has 8 nitrogen and oxygen atoms in total. The van der Waals surface area contributed by atoms with E-state index in [0.29, 0.717) is 26.2 Å². The molecule has 0 unspecified atom stereocenters. The van der Waals surface area contributed by atoms with Gasteiger partial charge in [-0.15, -0.1) is 0 Å². The summed E-state index contributed by atoms with van der Waals surface area (Å²) in [4.78, 5) is 41.7. The maximum absolute atomic E-state index is 13.2. The molecule has 2 heterocycles. The van der Waals surface area contributed by atoms with Gasteiger partial charge in [0.1, 0.15) is 6.04 Å². The molecule has 0 amide bonds. The van der Waals surface area contributed by atoms with Crippen molar-refractivity contribution in [3.05, 3.63) is 101 Å². The van der Waals surface area contributed by atoms with Crippen molar-refractivity contribution < 1.29 is 14.5 Å². The van der Waals surface area contributed by atoms with E-state index in [-0.39, 0.29) is 17.9 Å². The maximum atomic E-state index is 13.2. The molecule has 0 fully saturated rings. The zero-order valence-corrected chi connectivity index (χ0v) is 18.2. The zero-order chi connectivity index (χ0) is 22.8. The molecular weight excluding hydrogens is 430 g/mol.